The third-order valence-corrected chi connectivity index (χ3v) is 3.86. The van der Waals surface area contributed by atoms with Gasteiger partial charge in [0, 0.05) is 26.1 Å². The molecule has 0 aliphatic carbocycles. The minimum Gasteiger partial charge on any atom is 0 e. The zero-order valence-electron chi connectivity index (χ0n) is 16.4. The summed E-state index contributed by atoms with van der Waals surface area (Å²) in [6.45, 7) is 8.47. The van der Waals surface area contributed by atoms with Gasteiger partial charge in [-0.2, -0.15) is 0 Å². The molecule has 0 amide bonds. The Kier molecular flexibility index (Phi) is 16.2. The van der Waals surface area contributed by atoms with Crippen LogP contribution < -0.4 is 9.47 Å². The van der Waals surface area contributed by atoms with E-state index in [4.69, 9.17) is 23.7 Å². The zero-order valence-corrected chi connectivity index (χ0v) is 23.4. The quantitative estimate of drug-likeness (QED) is 0.291. The van der Waals surface area contributed by atoms with E-state index >= 15 is 0 Å². The van der Waals surface area contributed by atoms with Gasteiger partial charge in [-0.25, -0.2) is 0 Å². The predicted octanol–water partition coefficient (Wildman–Crippen LogP) is 2.53. The molecule has 2 rings (SSSR count). The average molecular weight is 529 g/mol. The summed E-state index contributed by atoms with van der Waals surface area (Å²) in [5.74, 6) is 1.66. The van der Waals surface area contributed by atoms with Gasteiger partial charge < -0.3 is 23.7 Å². The first-order valence-corrected chi connectivity index (χ1v) is 8.99. The summed E-state index contributed by atoms with van der Waals surface area (Å²) in [6, 6.07) is 4.12. The van der Waals surface area contributed by atoms with Gasteiger partial charge in [-0.15, -0.1) is 0 Å². The van der Waals surface area contributed by atoms with Crippen molar-refractivity contribution in [2.45, 2.75) is 46.1 Å². The fraction of sp³-hybridized carbons (Fsp3) is 0.684. The second-order valence-corrected chi connectivity index (χ2v) is 5.86. The maximum absolute atomic E-state index is 5.75. The molecule has 0 atom stereocenters. The molecule has 1 heterocycles. The molecule has 5 nitrogen and oxygen atoms in total. The third-order valence-electron chi connectivity index (χ3n) is 3.86. The average Bonchev–Trinajstić information content (AvgIpc) is 3.04. The van der Waals surface area contributed by atoms with Crippen LogP contribution in [0.3, 0.4) is 0 Å². The minimum absolute atomic E-state index is 0. The van der Waals surface area contributed by atoms with Gasteiger partial charge in [0.2, 0.25) is 6.79 Å². The van der Waals surface area contributed by atoms with Crippen molar-refractivity contribution in [2.24, 2.45) is 0 Å². The van der Waals surface area contributed by atoms with E-state index in [0.717, 1.165) is 43.8 Å². The maximum atomic E-state index is 5.75. The standard InChI is InChI=1S/C19H30O5.Sb.Zn.3H/c1-3-5-7-20-8-9-21-10-11-22-14-17-13-19-18(23-15-24-19)12-16(17)6-4-2;;;;;/h12-13H,3-11,14-15H2,1-2H3;;;;;. The number of fused-ring (bicyclic) bond motifs is 1. The van der Waals surface area contributed by atoms with Crippen LogP contribution in [0.4, 0.5) is 0 Å². The summed E-state index contributed by atoms with van der Waals surface area (Å²) < 4.78 is 27.6. The van der Waals surface area contributed by atoms with E-state index in [2.05, 4.69) is 19.9 Å². The fourth-order valence-electron chi connectivity index (χ4n) is 2.53. The summed E-state index contributed by atoms with van der Waals surface area (Å²) in [7, 11) is 0. The van der Waals surface area contributed by atoms with Crippen LogP contribution in [0.5, 0.6) is 11.5 Å². The molecule has 0 unspecified atom stereocenters. The van der Waals surface area contributed by atoms with Gasteiger partial charge in [-0.05, 0) is 36.1 Å². The van der Waals surface area contributed by atoms with Gasteiger partial charge in [0.1, 0.15) is 0 Å². The second kappa shape index (κ2) is 16.1. The Balaban J connectivity index is 0.00000312. The SMILES string of the molecule is CCCCOCCOCCOCc1cc2c(cc1CCC)OCO2.[SbH3].[Zn]. The smallest absolute Gasteiger partial charge is 0 e. The Hall–Kier alpha value is 0.142. The van der Waals surface area contributed by atoms with E-state index in [1.54, 1.807) is 0 Å². The molecule has 1 aliphatic rings. The topological polar surface area (TPSA) is 46.2 Å². The van der Waals surface area contributed by atoms with Crippen molar-refractivity contribution in [3.8, 4) is 11.5 Å². The first-order valence-electron chi connectivity index (χ1n) is 8.99. The van der Waals surface area contributed by atoms with Crippen LogP contribution in [0, 0.1) is 0 Å². The summed E-state index contributed by atoms with van der Waals surface area (Å²) in [4.78, 5) is 0. The molecule has 1 aromatic rings. The monoisotopic (exact) mass is 526 g/mol. The van der Waals surface area contributed by atoms with E-state index < -0.39 is 0 Å². The predicted molar refractivity (Wildman–Crippen MR) is 103 cm³/mol. The summed E-state index contributed by atoms with van der Waals surface area (Å²) >= 11 is 0. The van der Waals surface area contributed by atoms with Gasteiger partial charge in [-0.1, -0.05) is 26.7 Å². The zero-order chi connectivity index (χ0) is 17.0. The number of ether oxygens (including phenoxy) is 5. The van der Waals surface area contributed by atoms with Gasteiger partial charge in [0.25, 0.3) is 0 Å². The Morgan fingerprint density at radius 2 is 1.38 bits per heavy atom. The Labute approximate surface area is 187 Å². The Bertz CT molecular complexity index is 487. The molecule has 0 aromatic heterocycles. The molecule has 0 saturated heterocycles. The number of aryl methyl sites for hydroxylation is 1. The molecule has 7 heteroatoms. The molecule has 0 radical (unpaired) electrons. The fourth-order valence-corrected chi connectivity index (χ4v) is 2.53. The normalized spacial score (nSPS) is 11.8. The van der Waals surface area contributed by atoms with Crippen LogP contribution in [0.15, 0.2) is 12.1 Å². The van der Waals surface area contributed by atoms with E-state index in [0.29, 0.717) is 39.8 Å². The van der Waals surface area contributed by atoms with Crippen LogP contribution >= 0.6 is 0 Å². The molecule has 1 aliphatic heterocycles. The van der Waals surface area contributed by atoms with Gasteiger partial charge in [0.05, 0.1) is 33.0 Å². The molecule has 1 aromatic carbocycles. The molecule has 0 fully saturated rings. The van der Waals surface area contributed by atoms with E-state index in [1.165, 1.54) is 11.1 Å². The number of hydrogen-bond acceptors (Lipinski definition) is 5. The van der Waals surface area contributed by atoms with E-state index in [-0.39, 0.29) is 43.9 Å². The molecule has 0 spiro atoms. The van der Waals surface area contributed by atoms with Crippen LogP contribution in [-0.4, -0.2) is 64.3 Å². The molecular formula is C19H33O5SbZn. The minimum atomic E-state index is 0. The van der Waals surface area contributed by atoms with Crippen molar-refractivity contribution in [3.05, 3.63) is 23.3 Å². The number of rotatable bonds is 13. The van der Waals surface area contributed by atoms with Crippen LogP contribution in [0.25, 0.3) is 0 Å². The summed E-state index contributed by atoms with van der Waals surface area (Å²) in [5.41, 5.74) is 2.44. The second-order valence-electron chi connectivity index (χ2n) is 5.86. The molecule has 0 bridgehead atoms. The van der Waals surface area contributed by atoms with E-state index in [9.17, 15) is 0 Å². The molecule has 26 heavy (non-hydrogen) atoms. The number of benzene rings is 1. The van der Waals surface area contributed by atoms with Crippen LogP contribution in [0.1, 0.15) is 44.2 Å². The van der Waals surface area contributed by atoms with Crippen molar-refractivity contribution in [3.63, 3.8) is 0 Å². The molecule has 0 N–H and O–H groups in total. The summed E-state index contributed by atoms with van der Waals surface area (Å²) in [6.07, 6.45) is 4.38. The van der Waals surface area contributed by atoms with Crippen LogP contribution in [0.2, 0.25) is 0 Å². The number of unbranched alkanes of at least 4 members (excludes halogenated alkanes) is 1. The van der Waals surface area contributed by atoms with Gasteiger partial charge in [0.15, 0.2) is 11.5 Å². The van der Waals surface area contributed by atoms with Crippen LogP contribution in [-0.2, 0) is 46.7 Å². The van der Waals surface area contributed by atoms with Crippen molar-refractivity contribution < 1.29 is 43.2 Å². The van der Waals surface area contributed by atoms with Crippen molar-refractivity contribution >= 4 is 24.4 Å². The molecule has 0 saturated carbocycles. The first-order chi connectivity index (χ1) is 11.8. The van der Waals surface area contributed by atoms with Gasteiger partial charge >= 0.3 is 24.4 Å². The van der Waals surface area contributed by atoms with Gasteiger partial charge in [-0.3, -0.25) is 0 Å². The Morgan fingerprint density at radius 3 is 2.00 bits per heavy atom. The Morgan fingerprint density at radius 1 is 0.808 bits per heavy atom. The summed E-state index contributed by atoms with van der Waals surface area (Å²) in [5, 5.41) is 0. The maximum Gasteiger partial charge on any atom is 0 e. The van der Waals surface area contributed by atoms with E-state index in [1.807, 2.05) is 6.07 Å². The van der Waals surface area contributed by atoms with Crippen molar-refractivity contribution in [1.82, 2.24) is 0 Å². The third kappa shape index (κ3) is 9.37. The first kappa shape index (κ1) is 26.1. The van der Waals surface area contributed by atoms with Crippen molar-refractivity contribution in [1.29, 1.82) is 0 Å². The van der Waals surface area contributed by atoms with Crippen molar-refractivity contribution in [2.75, 3.05) is 39.8 Å². The molecular weight excluding hydrogens is 495 g/mol. The largest absolute Gasteiger partial charge is 0 e. The number of hydrogen-bond donors (Lipinski definition) is 0. The molecule has 146 valence electrons.